The van der Waals surface area contributed by atoms with Crippen LogP contribution in [0.25, 0.3) is 0 Å². The molecule has 0 fully saturated rings. The monoisotopic (exact) mass is 469 g/mol. The van der Waals surface area contributed by atoms with Crippen molar-refractivity contribution in [1.29, 1.82) is 0 Å². The van der Waals surface area contributed by atoms with Crippen LogP contribution in [0.4, 0.5) is 5.69 Å². The van der Waals surface area contributed by atoms with Crippen LogP contribution < -0.4 is 0 Å². The Kier molecular flexibility index (Phi) is 12.8. The second-order valence-electron chi connectivity index (χ2n) is 6.27. The SMILES string of the molecule is CCCO[PH](N=NC(Cl)CC(Cl)c1ccc([N+](=O)[O-])cc1)(OCCC)OCCC. The summed E-state index contributed by atoms with van der Waals surface area (Å²) in [7, 11) is -3.32. The third-order valence-electron chi connectivity index (χ3n) is 3.64. The van der Waals surface area contributed by atoms with Crippen LogP contribution in [0.5, 0.6) is 0 Å². The van der Waals surface area contributed by atoms with E-state index in [0.29, 0.717) is 25.4 Å². The van der Waals surface area contributed by atoms with Crippen molar-refractivity contribution >= 4 is 37.0 Å². The molecule has 0 aliphatic rings. The molecular formula is C18H30Cl2N3O5P. The fourth-order valence-electron chi connectivity index (χ4n) is 2.20. The van der Waals surface area contributed by atoms with Crippen molar-refractivity contribution in [2.75, 3.05) is 19.8 Å². The van der Waals surface area contributed by atoms with Crippen molar-refractivity contribution in [1.82, 2.24) is 0 Å². The molecule has 2 atom stereocenters. The maximum atomic E-state index is 10.8. The molecule has 0 heterocycles. The molecule has 2 unspecified atom stereocenters. The van der Waals surface area contributed by atoms with E-state index in [1.54, 1.807) is 12.1 Å². The number of nitrogens with zero attached hydrogens (tertiary/aromatic N) is 3. The first kappa shape index (κ1) is 26.1. The van der Waals surface area contributed by atoms with Crippen molar-refractivity contribution in [3.63, 3.8) is 0 Å². The topological polar surface area (TPSA) is 95.6 Å². The van der Waals surface area contributed by atoms with E-state index in [1.807, 2.05) is 20.8 Å². The van der Waals surface area contributed by atoms with Gasteiger partial charge in [-0.1, -0.05) is 0 Å². The molecule has 8 nitrogen and oxygen atoms in total. The Bertz CT molecular complexity index is 615. The third-order valence-corrected chi connectivity index (χ3v) is 6.40. The molecule has 1 aromatic carbocycles. The summed E-state index contributed by atoms with van der Waals surface area (Å²) in [6, 6.07) is 6.02. The molecule has 0 amide bonds. The predicted octanol–water partition coefficient (Wildman–Crippen LogP) is 6.97. The molecule has 1 aromatic rings. The van der Waals surface area contributed by atoms with Crippen LogP contribution in [-0.2, 0) is 13.6 Å². The van der Waals surface area contributed by atoms with Gasteiger partial charge >= 0.3 is 183 Å². The Labute approximate surface area is 182 Å². The number of nitro benzene ring substituents is 1. The molecule has 0 saturated heterocycles. The molecule has 0 N–H and O–H groups in total. The van der Waals surface area contributed by atoms with Gasteiger partial charge in [0.25, 0.3) is 0 Å². The van der Waals surface area contributed by atoms with Gasteiger partial charge in [-0.3, -0.25) is 0 Å². The number of alkyl halides is 2. The molecule has 0 bridgehead atoms. The van der Waals surface area contributed by atoms with E-state index in [0.717, 1.165) is 19.3 Å². The second kappa shape index (κ2) is 14.2. The molecule has 0 spiro atoms. The van der Waals surface area contributed by atoms with Crippen molar-refractivity contribution in [3.8, 4) is 0 Å². The van der Waals surface area contributed by atoms with E-state index < -0.39 is 23.9 Å². The summed E-state index contributed by atoms with van der Waals surface area (Å²) in [5, 5.41) is 14.4. The van der Waals surface area contributed by atoms with Gasteiger partial charge in [-0.25, -0.2) is 0 Å². The molecule has 0 aliphatic heterocycles. The van der Waals surface area contributed by atoms with Gasteiger partial charge < -0.3 is 0 Å². The Morgan fingerprint density at radius 2 is 1.48 bits per heavy atom. The summed E-state index contributed by atoms with van der Waals surface area (Å²) < 4.78 is 17.5. The summed E-state index contributed by atoms with van der Waals surface area (Å²) in [5.74, 6) is 0. The molecular weight excluding hydrogens is 440 g/mol. The first-order valence-electron chi connectivity index (χ1n) is 9.73. The van der Waals surface area contributed by atoms with E-state index in [9.17, 15) is 10.1 Å². The Hall–Kier alpha value is -0.890. The number of benzene rings is 1. The van der Waals surface area contributed by atoms with Gasteiger partial charge in [0.05, 0.1) is 0 Å². The number of rotatable bonds is 15. The first-order chi connectivity index (χ1) is 13.9. The van der Waals surface area contributed by atoms with E-state index in [1.165, 1.54) is 12.1 Å². The van der Waals surface area contributed by atoms with Gasteiger partial charge in [-0.2, -0.15) is 0 Å². The van der Waals surface area contributed by atoms with Crippen molar-refractivity contribution in [2.45, 2.75) is 57.3 Å². The van der Waals surface area contributed by atoms with Gasteiger partial charge in [0.1, 0.15) is 0 Å². The standard InChI is InChI=1S/C18H30Cl2N3O5P/c1-4-11-26-29(27-12-5-2,28-13-6-3)22-21-18(20)14-17(19)15-7-9-16(10-8-15)23(24)25/h7-10,17-18,29H,4-6,11-14H2,1-3H3. The fourth-order valence-corrected chi connectivity index (χ4v) is 4.99. The van der Waals surface area contributed by atoms with Crippen molar-refractivity contribution in [3.05, 3.63) is 39.9 Å². The number of hydrogen-bond acceptors (Lipinski definition) is 7. The zero-order valence-electron chi connectivity index (χ0n) is 17.1. The summed E-state index contributed by atoms with van der Waals surface area (Å²) in [4.78, 5) is 14.6. The van der Waals surface area contributed by atoms with Crippen LogP contribution in [0.1, 0.15) is 57.4 Å². The van der Waals surface area contributed by atoms with Gasteiger partial charge in [-0.05, 0) is 0 Å². The minimum absolute atomic E-state index is 0.00438. The number of non-ortho nitro benzene ring substituents is 1. The molecule has 0 saturated carbocycles. The summed E-state index contributed by atoms with van der Waals surface area (Å²) >= 11 is 12.7. The van der Waals surface area contributed by atoms with Crippen LogP contribution in [-0.4, -0.2) is 30.2 Å². The van der Waals surface area contributed by atoms with Crippen LogP contribution >= 0.6 is 31.3 Å². The normalized spacial score (nSPS) is 14.8. The third kappa shape index (κ3) is 9.64. The zero-order chi connectivity index (χ0) is 21.7. The van der Waals surface area contributed by atoms with Gasteiger partial charge in [0.2, 0.25) is 0 Å². The Balaban J connectivity index is 2.82. The molecule has 11 heteroatoms. The average molecular weight is 470 g/mol. The van der Waals surface area contributed by atoms with Crippen LogP contribution in [0.3, 0.4) is 0 Å². The molecule has 166 valence electrons. The predicted molar refractivity (Wildman–Crippen MR) is 118 cm³/mol. The minimum atomic E-state index is -3.32. The average Bonchev–Trinajstić information content (AvgIpc) is 2.72. The first-order valence-corrected chi connectivity index (χ1v) is 12.3. The molecule has 1 rings (SSSR count). The molecule has 0 aromatic heterocycles. The van der Waals surface area contributed by atoms with Gasteiger partial charge in [0.15, 0.2) is 0 Å². The van der Waals surface area contributed by atoms with Crippen molar-refractivity contribution in [2.24, 2.45) is 10.00 Å². The van der Waals surface area contributed by atoms with Crippen molar-refractivity contribution < 1.29 is 18.5 Å². The van der Waals surface area contributed by atoms with Crippen LogP contribution in [0, 0.1) is 10.1 Å². The van der Waals surface area contributed by atoms with E-state index >= 15 is 0 Å². The van der Waals surface area contributed by atoms with E-state index in [4.69, 9.17) is 36.8 Å². The second-order valence-corrected chi connectivity index (χ2v) is 9.42. The fraction of sp³-hybridized carbons (Fsp3) is 0.667. The van der Waals surface area contributed by atoms with E-state index in [-0.39, 0.29) is 12.1 Å². The maximum absolute atomic E-state index is 10.8. The molecule has 0 aliphatic carbocycles. The number of halogens is 2. The van der Waals surface area contributed by atoms with Crippen LogP contribution in [0.15, 0.2) is 34.3 Å². The molecule has 29 heavy (non-hydrogen) atoms. The van der Waals surface area contributed by atoms with Crippen LogP contribution in [0.2, 0.25) is 0 Å². The Morgan fingerprint density at radius 1 is 1.00 bits per heavy atom. The van der Waals surface area contributed by atoms with Gasteiger partial charge in [-0.15, -0.1) is 0 Å². The van der Waals surface area contributed by atoms with Gasteiger partial charge in [0, 0.05) is 0 Å². The number of hydrogen-bond donors (Lipinski definition) is 0. The summed E-state index contributed by atoms with van der Waals surface area (Å²) in [6.45, 7) is 7.32. The Morgan fingerprint density at radius 3 is 1.90 bits per heavy atom. The summed E-state index contributed by atoms with van der Waals surface area (Å²) in [6.07, 6.45) is 2.67. The molecule has 0 radical (unpaired) electrons. The number of nitro groups is 1. The quantitative estimate of drug-likeness (QED) is 0.0689. The zero-order valence-corrected chi connectivity index (χ0v) is 19.6. The summed E-state index contributed by atoms with van der Waals surface area (Å²) in [5.41, 5.74) is -0.00157. The van der Waals surface area contributed by atoms with E-state index in [2.05, 4.69) is 10.00 Å².